The van der Waals surface area contributed by atoms with E-state index in [4.69, 9.17) is 9.47 Å². The minimum absolute atomic E-state index is 0.115. The number of quaternary nitrogens is 1. The molecule has 0 spiro atoms. The molecular formula is C19H24N3O5+. The molecule has 2 atom stereocenters. The molecule has 144 valence electrons. The number of non-ortho nitro benzene ring substituents is 1. The summed E-state index contributed by atoms with van der Waals surface area (Å²) >= 11 is 0. The number of hydrogen-bond donors (Lipinski definition) is 2. The lowest BCUT2D eigenvalue weighted by Gasteiger charge is -2.21. The molecule has 8 heteroatoms. The molecule has 0 aromatic heterocycles. The van der Waals surface area contributed by atoms with Gasteiger partial charge in [0, 0.05) is 17.7 Å². The van der Waals surface area contributed by atoms with Crippen molar-refractivity contribution in [2.75, 3.05) is 26.6 Å². The smallest absolute Gasteiger partial charge is 0.282 e. The Morgan fingerprint density at radius 1 is 1.22 bits per heavy atom. The summed E-state index contributed by atoms with van der Waals surface area (Å²) in [7, 11) is 4.97. The molecule has 2 aromatic rings. The van der Waals surface area contributed by atoms with Gasteiger partial charge in [0.05, 0.1) is 31.9 Å². The second-order valence-electron chi connectivity index (χ2n) is 6.23. The molecule has 0 aliphatic heterocycles. The number of hydrogen-bond acceptors (Lipinski definition) is 5. The molecule has 0 aliphatic rings. The van der Waals surface area contributed by atoms with Gasteiger partial charge in [-0.25, -0.2) is 0 Å². The molecule has 8 nitrogen and oxygen atoms in total. The third-order valence-corrected chi connectivity index (χ3v) is 4.40. The summed E-state index contributed by atoms with van der Waals surface area (Å²) in [5.41, 5.74) is 1.20. The molecule has 1 unspecified atom stereocenters. The van der Waals surface area contributed by atoms with Crippen LogP contribution in [-0.2, 0) is 11.3 Å². The van der Waals surface area contributed by atoms with Crippen LogP contribution in [0.2, 0.25) is 0 Å². The maximum Gasteiger partial charge on any atom is 0.282 e. The third-order valence-electron chi connectivity index (χ3n) is 4.40. The highest BCUT2D eigenvalue weighted by molar-refractivity contribution is 5.95. The van der Waals surface area contributed by atoms with Crippen LogP contribution >= 0.6 is 0 Å². The average molecular weight is 374 g/mol. The van der Waals surface area contributed by atoms with E-state index in [9.17, 15) is 14.9 Å². The van der Waals surface area contributed by atoms with Crippen molar-refractivity contribution in [3.8, 4) is 11.5 Å². The standard InChI is InChI=1S/C19H23N3O5/c1-13(21(2)12-14-6-5-7-16(10-14)26-3)19(23)20-17-11-15(22(24)25)8-9-18(17)27-4/h5-11,13H,12H2,1-4H3,(H,20,23)/p+1/t13-/m1/s1. The van der Waals surface area contributed by atoms with Crippen LogP contribution in [-0.4, -0.2) is 38.1 Å². The second kappa shape index (κ2) is 9.00. The lowest BCUT2D eigenvalue weighted by molar-refractivity contribution is -0.907. The van der Waals surface area contributed by atoms with E-state index in [1.165, 1.54) is 25.3 Å². The number of nitro benzene ring substituents is 1. The van der Waals surface area contributed by atoms with Crippen LogP contribution in [0.1, 0.15) is 12.5 Å². The van der Waals surface area contributed by atoms with Crippen LogP contribution in [0.5, 0.6) is 11.5 Å². The fourth-order valence-corrected chi connectivity index (χ4v) is 2.63. The van der Waals surface area contributed by atoms with Crippen LogP contribution in [0, 0.1) is 10.1 Å². The van der Waals surface area contributed by atoms with Crippen molar-refractivity contribution < 1.29 is 24.1 Å². The molecule has 27 heavy (non-hydrogen) atoms. The molecule has 2 N–H and O–H groups in total. The summed E-state index contributed by atoms with van der Waals surface area (Å²) < 4.78 is 10.4. The molecule has 2 rings (SSSR count). The van der Waals surface area contributed by atoms with E-state index < -0.39 is 4.92 Å². The summed E-state index contributed by atoms with van der Waals surface area (Å²) in [6.07, 6.45) is 0. The highest BCUT2D eigenvalue weighted by Gasteiger charge is 2.24. The summed E-state index contributed by atoms with van der Waals surface area (Å²) in [5.74, 6) is 0.875. The number of anilines is 1. The first-order valence-corrected chi connectivity index (χ1v) is 8.44. The molecule has 0 saturated heterocycles. The zero-order valence-corrected chi connectivity index (χ0v) is 15.8. The Balaban J connectivity index is 2.10. The number of rotatable bonds is 8. The van der Waals surface area contributed by atoms with E-state index in [0.717, 1.165) is 16.2 Å². The van der Waals surface area contributed by atoms with Crippen molar-refractivity contribution >= 4 is 17.3 Å². The van der Waals surface area contributed by atoms with Gasteiger partial charge in [-0.1, -0.05) is 12.1 Å². The van der Waals surface area contributed by atoms with Gasteiger partial charge in [0.2, 0.25) is 0 Å². The Bertz CT molecular complexity index is 825. The van der Waals surface area contributed by atoms with Crippen molar-refractivity contribution in [3.05, 3.63) is 58.1 Å². The molecule has 0 fully saturated rings. The highest BCUT2D eigenvalue weighted by Crippen LogP contribution is 2.28. The Morgan fingerprint density at radius 2 is 1.96 bits per heavy atom. The van der Waals surface area contributed by atoms with Crippen LogP contribution in [0.3, 0.4) is 0 Å². The molecule has 0 aliphatic carbocycles. The monoisotopic (exact) mass is 374 g/mol. The van der Waals surface area contributed by atoms with Gasteiger partial charge in [-0.3, -0.25) is 14.9 Å². The van der Waals surface area contributed by atoms with Gasteiger partial charge in [0.15, 0.2) is 6.04 Å². The van der Waals surface area contributed by atoms with Crippen molar-refractivity contribution in [2.24, 2.45) is 0 Å². The molecule has 0 bridgehead atoms. The summed E-state index contributed by atoms with van der Waals surface area (Å²) in [4.78, 5) is 24.1. The number of nitro groups is 1. The van der Waals surface area contributed by atoms with E-state index in [1.807, 2.05) is 31.3 Å². The predicted octanol–water partition coefficient (Wildman–Crippen LogP) is 1.65. The number of carbonyl (C=O) groups is 1. The van der Waals surface area contributed by atoms with Crippen molar-refractivity contribution in [2.45, 2.75) is 19.5 Å². The third kappa shape index (κ3) is 5.18. The zero-order valence-electron chi connectivity index (χ0n) is 15.8. The topological polar surface area (TPSA) is 95.1 Å². The number of methoxy groups -OCH3 is 2. The van der Waals surface area contributed by atoms with Gasteiger partial charge in [-0.15, -0.1) is 0 Å². The molecule has 1 amide bonds. The first kappa shape index (κ1) is 20.2. The number of carbonyl (C=O) groups excluding carboxylic acids is 1. The SMILES string of the molecule is COc1cccc(C[NH+](C)[C@H](C)C(=O)Nc2cc([N+](=O)[O-])ccc2OC)c1. The van der Waals surface area contributed by atoms with Gasteiger partial charge in [0.1, 0.15) is 18.0 Å². The number of likely N-dealkylation sites (N-methyl/N-ethyl adjacent to an activating group) is 1. The fraction of sp³-hybridized carbons (Fsp3) is 0.316. The summed E-state index contributed by atoms with van der Waals surface area (Å²) in [6, 6.07) is 11.4. The van der Waals surface area contributed by atoms with Crippen LogP contribution in [0.15, 0.2) is 42.5 Å². The maximum absolute atomic E-state index is 12.6. The van der Waals surface area contributed by atoms with Gasteiger partial charge in [-0.05, 0) is 25.1 Å². The molecule has 2 aromatic carbocycles. The minimum atomic E-state index is -0.515. The lowest BCUT2D eigenvalue weighted by atomic mass is 10.1. The van der Waals surface area contributed by atoms with Crippen LogP contribution in [0.4, 0.5) is 11.4 Å². The van der Waals surface area contributed by atoms with Gasteiger partial charge < -0.3 is 19.7 Å². The Labute approximate surface area is 157 Å². The Morgan fingerprint density at radius 3 is 2.59 bits per heavy atom. The first-order valence-electron chi connectivity index (χ1n) is 8.44. The Kier molecular flexibility index (Phi) is 6.73. The fourth-order valence-electron chi connectivity index (χ4n) is 2.63. The van der Waals surface area contributed by atoms with Crippen LogP contribution in [0.25, 0.3) is 0 Å². The number of nitrogens with zero attached hydrogens (tertiary/aromatic N) is 1. The predicted molar refractivity (Wildman–Crippen MR) is 101 cm³/mol. The van der Waals surface area contributed by atoms with Gasteiger partial charge in [0.25, 0.3) is 11.6 Å². The lowest BCUT2D eigenvalue weighted by Crippen LogP contribution is -3.12. The molecule has 0 radical (unpaired) electrons. The highest BCUT2D eigenvalue weighted by atomic mass is 16.6. The number of ether oxygens (including phenoxy) is 2. The van der Waals surface area contributed by atoms with Gasteiger partial charge in [-0.2, -0.15) is 0 Å². The first-order chi connectivity index (χ1) is 12.8. The van der Waals surface area contributed by atoms with E-state index >= 15 is 0 Å². The number of nitrogens with one attached hydrogen (secondary N) is 2. The minimum Gasteiger partial charge on any atom is -0.497 e. The van der Waals surface area contributed by atoms with E-state index in [2.05, 4.69) is 5.32 Å². The van der Waals surface area contributed by atoms with Crippen molar-refractivity contribution in [1.82, 2.24) is 0 Å². The Hall–Kier alpha value is -3.13. The van der Waals surface area contributed by atoms with E-state index in [-0.39, 0.29) is 23.3 Å². The summed E-state index contributed by atoms with van der Waals surface area (Å²) in [6.45, 7) is 2.42. The number of benzene rings is 2. The number of amides is 1. The molecule has 0 heterocycles. The van der Waals surface area contributed by atoms with Crippen molar-refractivity contribution in [3.63, 3.8) is 0 Å². The van der Waals surface area contributed by atoms with Crippen molar-refractivity contribution in [1.29, 1.82) is 0 Å². The second-order valence-corrected chi connectivity index (χ2v) is 6.23. The van der Waals surface area contributed by atoms with E-state index in [0.29, 0.717) is 12.3 Å². The van der Waals surface area contributed by atoms with E-state index in [1.54, 1.807) is 14.0 Å². The quantitative estimate of drug-likeness (QED) is 0.541. The zero-order chi connectivity index (χ0) is 20.0. The summed E-state index contributed by atoms with van der Waals surface area (Å²) in [5, 5.41) is 13.7. The maximum atomic E-state index is 12.6. The average Bonchev–Trinajstić information content (AvgIpc) is 2.67. The molecule has 0 saturated carbocycles. The van der Waals surface area contributed by atoms with Crippen LogP contribution < -0.4 is 19.7 Å². The molecular weight excluding hydrogens is 350 g/mol. The van der Waals surface area contributed by atoms with Gasteiger partial charge >= 0.3 is 0 Å². The largest absolute Gasteiger partial charge is 0.497 e. The normalized spacial score (nSPS) is 12.7.